The van der Waals surface area contributed by atoms with Crippen molar-refractivity contribution in [3.63, 3.8) is 0 Å². The lowest BCUT2D eigenvalue weighted by Crippen LogP contribution is -2.52. The van der Waals surface area contributed by atoms with Gasteiger partial charge in [-0.2, -0.15) is 0 Å². The Morgan fingerprint density at radius 1 is 1.25 bits per heavy atom. The number of rotatable bonds is 9. The molecule has 0 saturated carbocycles. The van der Waals surface area contributed by atoms with Gasteiger partial charge in [0.15, 0.2) is 0 Å². The van der Waals surface area contributed by atoms with Crippen LogP contribution in [0, 0.1) is 11.8 Å². The Morgan fingerprint density at radius 3 is 2.60 bits per heavy atom. The highest BCUT2D eigenvalue weighted by molar-refractivity contribution is 4.86. The molecule has 0 amide bonds. The van der Waals surface area contributed by atoms with E-state index in [0.29, 0.717) is 12.0 Å². The monoisotopic (exact) mass is 284 g/mol. The average molecular weight is 284 g/mol. The molecule has 1 rings (SSSR count). The minimum absolute atomic E-state index is 0.131. The summed E-state index contributed by atoms with van der Waals surface area (Å²) in [6, 6.07) is 0.561. The zero-order valence-electron chi connectivity index (χ0n) is 14.1. The molecule has 3 nitrogen and oxygen atoms in total. The van der Waals surface area contributed by atoms with E-state index in [2.05, 4.69) is 37.9 Å². The summed E-state index contributed by atoms with van der Waals surface area (Å²) in [5, 5.41) is 13.9. The Bertz CT molecular complexity index is 245. The molecule has 0 spiro atoms. The lowest BCUT2D eigenvalue weighted by atomic mass is 9.88. The predicted octanol–water partition coefficient (Wildman–Crippen LogP) is 2.88. The van der Waals surface area contributed by atoms with Crippen LogP contribution in [0.4, 0.5) is 0 Å². The molecule has 1 fully saturated rings. The predicted molar refractivity (Wildman–Crippen MR) is 87.0 cm³/mol. The van der Waals surface area contributed by atoms with Crippen molar-refractivity contribution < 1.29 is 5.11 Å². The van der Waals surface area contributed by atoms with Gasteiger partial charge >= 0.3 is 0 Å². The minimum Gasteiger partial charge on any atom is -0.393 e. The largest absolute Gasteiger partial charge is 0.393 e. The first-order chi connectivity index (χ1) is 9.56. The van der Waals surface area contributed by atoms with Crippen LogP contribution in [0.25, 0.3) is 0 Å². The van der Waals surface area contributed by atoms with Crippen molar-refractivity contribution in [3.8, 4) is 0 Å². The van der Waals surface area contributed by atoms with E-state index in [1.54, 1.807) is 0 Å². The Kier molecular flexibility index (Phi) is 8.74. The normalized spacial score (nSPS) is 26.1. The van der Waals surface area contributed by atoms with Crippen molar-refractivity contribution in [2.75, 3.05) is 26.2 Å². The van der Waals surface area contributed by atoms with Gasteiger partial charge in [0.1, 0.15) is 0 Å². The molecular formula is C17H36N2O. The molecule has 1 heterocycles. The third-order valence-corrected chi connectivity index (χ3v) is 4.50. The van der Waals surface area contributed by atoms with Crippen LogP contribution in [0.5, 0.6) is 0 Å². The zero-order chi connectivity index (χ0) is 15.0. The molecule has 0 aromatic carbocycles. The van der Waals surface area contributed by atoms with Crippen molar-refractivity contribution in [2.24, 2.45) is 11.8 Å². The second-order valence-corrected chi connectivity index (χ2v) is 6.92. The Labute approximate surface area is 126 Å². The molecule has 3 atom stereocenters. The maximum Gasteiger partial charge on any atom is 0.0578 e. The number of hydrogen-bond donors (Lipinski definition) is 2. The molecule has 20 heavy (non-hydrogen) atoms. The summed E-state index contributed by atoms with van der Waals surface area (Å²) in [4.78, 5) is 2.56. The fraction of sp³-hybridized carbons (Fsp3) is 1.00. The standard InChI is InChI=1S/C17H36N2O/c1-5-7-10-19-12-15(17(20)6-2)11-16(13-19)18-9-8-14(3)4/h14-18,20H,5-13H2,1-4H3. The van der Waals surface area contributed by atoms with E-state index in [1.807, 2.05) is 0 Å². The summed E-state index contributed by atoms with van der Waals surface area (Å²) in [5.74, 6) is 1.21. The third-order valence-electron chi connectivity index (χ3n) is 4.50. The van der Waals surface area contributed by atoms with E-state index in [4.69, 9.17) is 0 Å². The Morgan fingerprint density at radius 2 is 2.00 bits per heavy atom. The summed E-state index contributed by atoms with van der Waals surface area (Å²) >= 11 is 0. The molecule has 0 aromatic heterocycles. The van der Waals surface area contributed by atoms with Crippen molar-refractivity contribution in [3.05, 3.63) is 0 Å². The summed E-state index contributed by atoms with van der Waals surface area (Å²) in [7, 11) is 0. The number of aliphatic hydroxyl groups excluding tert-OH is 1. The van der Waals surface area contributed by atoms with E-state index in [-0.39, 0.29) is 6.10 Å². The van der Waals surface area contributed by atoms with Crippen LogP contribution in [0.15, 0.2) is 0 Å². The second kappa shape index (κ2) is 9.75. The number of hydrogen-bond acceptors (Lipinski definition) is 3. The molecule has 0 radical (unpaired) electrons. The molecule has 3 heteroatoms. The second-order valence-electron chi connectivity index (χ2n) is 6.92. The van der Waals surface area contributed by atoms with Gasteiger partial charge in [-0.3, -0.25) is 0 Å². The molecule has 3 unspecified atom stereocenters. The average Bonchev–Trinajstić information content (AvgIpc) is 2.43. The first kappa shape index (κ1) is 17.9. The van der Waals surface area contributed by atoms with Gasteiger partial charge in [-0.15, -0.1) is 0 Å². The quantitative estimate of drug-likeness (QED) is 0.683. The summed E-state index contributed by atoms with van der Waals surface area (Å²) in [5.41, 5.74) is 0. The lowest BCUT2D eigenvalue weighted by Gasteiger charge is -2.40. The van der Waals surface area contributed by atoms with Gasteiger partial charge in [0.2, 0.25) is 0 Å². The highest BCUT2D eigenvalue weighted by Crippen LogP contribution is 2.22. The maximum atomic E-state index is 10.2. The fourth-order valence-corrected chi connectivity index (χ4v) is 3.13. The van der Waals surface area contributed by atoms with Crippen LogP contribution in [-0.4, -0.2) is 48.3 Å². The molecular weight excluding hydrogens is 248 g/mol. The number of unbranched alkanes of at least 4 members (excludes halogenated alkanes) is 1. The maximum absolute atomic E-state index is 10.2. The van der Waals surface area contributed by atoms with Crippen LogP contribution in [-0.2, 0) is 0 Å². The molecule has 0 bridgehead atoms. The van der Waals surface area contributed by atoms with Crippen molar-refractivity contribution in [2.45, 2.75) is 71.9 Å². The SMILES string of the molecule is CCCCN1CC(NCCC(C)C)CC(C(O)CC)C1. The van der Waals surface area contributed by atoms with Gasteiger partial charge in [-0.1, -0.05) is 34.1 Å². The summed E-state index contributed by atoms with van der Waals surface area (Å²) < 4.78 is 0. The lowest BCUT2D eigenvalue weighted by molar-refractivity contribution is 0.0351. The molecule has 0 aliphatic carbocycles. The van der Waals surface area contributed by atoms with E-state index in [9.17, 15) is 5.11 Å². The van der Waals surface area contributed by atoms with Gasteiger partial charge < -0.3 is 15.3 Å². The number of nitrogens with one attached hydrogen (secondary N) is 1. The van der Waals surface area contributed by atoms with E-state index < -0.39 is 0 Å². The number of nitrogens with zero attached hydrogens (tertiary/aromatic N) is 1. The van der Waals surface area contributed by atoms with Crippen LogP contribution < -0.4 is 5.32 Å². The molecule has 2 N–H and O–H groups in total. The molecule has 1 aliphatic rings. The highest BCUT2D eigenvalue weighted by Gasteiger charge is 2.30. The first-order valence-electron chi connectivity index (χ1n) is 8.70. The smallest absolute Gasteiger partial charge is 0.0578 e. The van der Waals surface area contributed by atoms with Gasteiger partial charge in [0.05, 0.1) is 6.10 Å². The van der Waals surface area contributed by atoms with Crippen LogP contribution >= 0.6 is 0 Å². The van der Waals surface area contributed by atoms with Gasteiger partial charge in [-0.05, 0) is 50.6 Å². The van der Waals surface area contributed by atoms with Crippen molar-refractivity contribution in [1.29, 1.82) is 0 Å². The van der Waals surface area contributed by atoms with Crippen molar-refractivity contribution >= 4 is 0 Å². The van der Waals surface area contributed by atoms with Gasteiger partial charge in [0.25, 0.3) is 0 Å². The topological polar surface area (TPSA) is 35.5 Å². The highest BCUT2D eigenvalue weighted by atomic mass is 16.3. The van der Waals surface area contributed by atoms with Crippen LogP contribution in [0.1, 0.15) is 59.8 Å². The fourth-order valence-electron chi connectivity index (χ4n) is 3.13. The zero-order valence-corrected chi connectivity index (χ0v) is 14.1. The van der Waals surface area contributed by atoms with E-state index in [0.717, 1.165) is 38.4 Å². The van der Waals surface area contributed by atoms with Crippen LogP contribution in [0.3, 0.4) is 0 Å². The summed E-state index contributed by atoms with van der Waals surface area (Å²) in [6.45, 7) is 13.4. The third kappa shape index (κ3) is 6.55. The number of piperidine rings is 1. The molecule has 1 aliphatic heterocycles. The molecule has 120 valence electrons. The number of likely N-dealkylation sites (tertiary alicyclic amines) is 1. The first-order valence-corrected chi connectivity index (χ1v) is 8.70. The van der Waals surface area contributed by atoms with E-state index in [1.165, 1.54) is 25.8 Å². The summed E-state index contributed by atoms with van der Waals surface area (Å²) in [6.07, 6.45) is 5.65. The van der Waals surface area contributed by atoms with Crippen molar-refractivity contribution in [1.82, 2.24) is 10.2 Å². The Balaban J connectivity index is 2.46. The molecule has 1 saturated heterocycles. The molecule has 0 aromatic rings. The minimum atomic E-state index is -0.131. The van der Waals surface area contributed by atoms with Gasteiger partial charge in [0, 0.05) is 19.1 Å². The number of aliphatic hydroxyl groups is 1. The Hall–Kier alpha value is -0.120. The van der Waals surface area contributed by atoms with Gasteiger partial charge in [-0.25, -0.2) is 0 Å². The van der Waals surface area contributed by atoms with Crippen LogP contribution in [0.2, 0.25) is 0 Å². The van der Waals surface area contributed by atoms with E-state index >= 15 is 0 Å².